The zero-order chi connectivity index (χ0) is 19.3. The van der Waals surface area contributed by atoms with Gasteiger partial charge in [-0.2, -0.15) is 0 Å². The minimum atomic E-state index is -0.634. The van der Waals surface area contributed by atoms with Crippen molar-refractivity contribution in [2.24, 2.45) is 0 Å². The molecule has 2 aromatic heterocycles. The number of carbonyl (C=O) groups is 2. The van der Waals surface area contributed by atoms with Gasteiger partial charge in [0.2, 0.25) is 0 Å². The van der Waals surface area contributed by atoms with E-state index in [1.165, 1.54) is 17.5 Å². The molecule has 0 saturated carbocycles. The lowest BCUT2D eigenvalue weighted by Crippen LogP contribution is -2.21. The highest BCUT2D eigenvalue weighted by Gasteiger charge is 2.15. The molecule has 8 heteroatoms. The summed E-state index contributed by atoms with van der Waals surface area (Å²) in [6.45, 7) is -0.421. The number of benzene rings is 2. The standard InChI is InChI=1S/C20H14N4O3S/c25-17(24-20-23-16(12-28-20)13-5-2-1-3-6-13)11-27-19(26)14-7-4-8-15-18(14)22-10-9-21-15/h1-10,12H,11H2,(H,23,24,25). The summed E-state index contributed by atoms with van der Waals surface area (Å²) in [4.78, 5) is 37.1. The first-order valence-electron chi connectivity index (χ1n) is 8.38. The Balaban J connectivity index is 1.38. The number of hydrogen-bond donors (Lipinski definition) is 1. The zero-order valence-corrected chi connectivity index (χ0v) is 15.3. The van der Waals surface area contributed by atoms with Crippen LogP contribution in [0.2, 0.25) is 0 Å². The molecular formula is C20H14N4O3S. The van der Waals surface area contributed by atoms with Crippen LogP contribution in [-0.4, -0.2) is 33.4 Å². The van der Waals surface area contributed by atoms with Gasteiger partial charge in [0.25, 0.3) is 5.91 Å². The molecule has 4 rings (SSSR count). The number of nitrogens with one attached hydrogen (secondary N) is 1. The second-order valence-corrected chi connectivity index (χ2v) is 6.62. The van der Waals surface area contributed by atoms with Crippen LogP contribution >= 0.6 is 11.3 Å². The molecule has 7 nitrogen and oxygen atoms in total. The third-order valence-electron chi connectivity index (χ3n) is 3.87. The third-order valence-corrected chi connectivity index (χ3v) is 4.63. The van der Waals surface area contributed by atoms with E-state index < -0.39 is 18.5 Å². The first-order valence-corrected chi connectivity index (χ1v) is 9.26. The van der Waals surface area contributed by atoms with E-state index in [0.29, 0.717) is 16.2 Å². The number of aromatic nitrogens is 3. The highest BCUT2D eigenvalue weighted by atomic mass is 32.1. The van der Waals surface area contributed by atoms with Gasteiger partial charge in [0.1, 0.15) is 5.52 Å². The Kier molecular flexibility index (Phi) is 5.03. The maximum atomic E-state index is 12.3. The number of para-hydroxylation sites is 1. The van der Waals surface area contributed by atoms with Gasteiger partial charge in [0.15, 0.2) is 11.7 Å². The lowest BCUT2D eigenvalue weighted by atomic mass is 10.2. The van der Waals surface area contributed by atoms with Gasteiger partial charge < -0.3 is 4.74 Å². The molecule has 2 heterocycles. The molecule has 0 aliphatic rings. The molecule has 0 fully saturated rings. The van der Waals surface area contributed by atoms with Crippen molar-refractivity contribution in [2.75, 3.05) is 11.9 Å². The summed E-state index contributed by atoms with van der Waals surface area (Å²) in [6, 6.07) is 14.7. The van der Waals surface area contributed by atoms with E-state index in [-0.39, 0.29) is 5.56 Å². The van der Waals surface area contributed by atoms with Crippen molar-refractivity contribution in [3.8, 4) is 11.3 Å². The summed E-state index contributed by atoms with van der Waals surface area (Å²) in [5.74, 6) is -1.10. The van der Waals surface area contributed by atoms with Crippen LogP contribution in [0.4, 0.5) is 5.13 Å². The summed E-state index contributed by atoms with van der Waals surface area (Å²) in [6.07, 6.45) is 3.04. The predicted octanol–water partition coefficient (Wildman–Crippen LogP) is 3.55. The summed E-state index contributed by atoms with van der Waals surface area (Å²) in [7, 11) is 0. The fourth-order valence-corrected chi connectivity index (χ4v) is 3.33. The van der Waals surface area contributed by atoms with E-state index in [0.717, 1.165) is 11.3 Å². The zero-order valence-electron chi connectivity index (χ0n) is 14.5. The van der Waals surface area contributed by atoms with Gasteiger partial charge in [-0.25, -0.2) is 9.78 Å². The molecule has 0 aliphatic carbocycles. The summed E-state index contributed by atoms with van der Waals surface area (Å²) >= 11 is 1.30. The number of fused-ring (bicyclic) bond motifs is 1. The smallest absolute Gasteiger partial charge is 0.340 e. The number of carbonyl (C=O) groups excluding carboxylic acids is 2. The number of nitrogens with zero attached hydrogens (tertiary/aromatic N) is 3. The first kappa shape index (κ1) is 17.7. The Morgan fingerprint density at radius 3 is 2.68 bits per heavy atom. The topological polar surface area (TPSA) is 94.1 Å². The summed E-state index contributed by atoms with van der Waals surface area (Å²) < 4.78 is 5.12. The van der Waals surface area contributed by atoms with Gasteiger partial charge in [-0.1, -0.05) is 36.4 Å². The van der Waals surface area contributed by atoms with Crippen molar-refractivity contribution in [3.63, 3.8) is 0 Å². The Morgan fingerprint density at radius 2 is 1.82 bits per heavy atom. The first-order chi connectivity index (χ1) is 13.7. The Bertz CT molecular complexity index is 1140. The fourth-order valence-electron chi connectivity index (χ4n) is 2.59. The highest BCUT2D eigenvalue weighted by Crippen LogP contribution is 2.24. The number of rotatable bonds is 5. The van der Waals surface area contributed by atoms with Gasteiger partial charge in [0, 0.05) is 23.3 Å². The largest absolute Gasteiger partial charge is 0.452 e. The lowest BCUT2D eigenvalue weighted by Gasteiger charge is -2.06. The fraction of sp³-hybridized carbons (Fsp3) is 0.0500. The number of thiazole rings is 1. The van der Waals surface area contributed by atoms with Crippen LogP contribution in [0.25, 0.3) is 22.3 Å². The second-order valence-electron chi connectivity index (χ2n) is 5.76. The van der Waals surface area contributed by atoms with Crippen molar-refractivity contribution in [1.82, 2.24) is 15.0 Å². The van der Waals surface area contributed by atoms with Crippen LogP contribution in [-0.2, 0) is 9.53 Å². The molecule has 1 amide bonds. The average molecular weight is 390 g/mol. The molecule has 0 unspecified atom stereocenters. The third kappa shape index (κ3) is 3.86. The maximum Gasteiger partial charge on any atom is 0.340 e. The van der Waals surface area contributed by atoms with Crippen molar-refractivity contribution in [1.29, 1.82) is 0 Å². The molecule has 28 heavy (non-hydrogen) atoms. The second kappa shape index (κ2) is 7.93. The Morgan fingerprint density at radius 1 is 1.00 bits per heavy atom. The lowest BCUT2D eigenvalue weighted by molar-refractivity contribution is -0.119. The van der Waals surface area contributed by atoms with Crippen LogP contribution < -0.4 is 5.32 Å². The van der Waals surface area contributed by atoms with Crippen LogP contribution in [0.5, 0.6) is 0 Å². The van der Waals surface area contributed by atoms with Gasteiger partial charge in [0.05, 0.1) is 16.8 Å². The van der Waals surface area contributed by atoms with Crippen LogP contribution in [0.1, 0.15) is 10.4 Å². The Labute approximate surface area is 164 Å². The van der Waals surface area contributed by atoms with E-state index in [9.17, 15) is 9.59 Å². The molecule has 0 bridgehead atoms. The molecular weight excluding hydrogens is 376 g/mol. The normalized spacial score (nSPS) is 10.6. The van der Waals surface area contributed by atoms with Crippen molar-refractivity contribution < 1.29 is 14.3 Å². The number of anilines is 1. The van der Waals surface area contributed by atoms with Crippen LogP contribution in [0, 0.1) is 0 Å². The number of amides is 1. The Hall–Kier alpha value is -3.65. The minimum absolute atomic E-state index is 0.263. The van der Waals surface area contributed by atoms with Crippen molar-refractivity contribution in [2.45, 2.75) is 0 Å². The number of hydrogen-bond acceptors (Lipinski definition) is 7. The van der Waals surface area contributed by atoms with Crippen molar-refractivity contribution in [3.05, 3.63) is 71.9 Å². The van der Waals surface area contributed by atoms with Crippen LogP contribution in [0.15, 0.2) is 66.3 Å². The van der Waals surface area contributed by atoms with Crippen LogP contribution in [0.3, 0.4) is 0 Å². The van der Waals surface area contributed by atoms with E-state index in [4.69, 9.17) is 4.74 Å². The molecule has 2 aromatic carbocycles. The monoisotopic (exact) mass is 390 g/mol. The van der Waals surface area contributed by atoms with Gasteiger partial charge in [-0.3, -0.25) is 20.1 Å². The molecule has 1 N–H and O–H groups in total. The molecule has 0 saturated heterocycles. The minimum Gasteiger partial charge on any atom is -0.452 e. The summed E-state index contributed by atoms with van der Waals surface area (Å²) in [5.41, 5.74) is 3.01. The molecule has 0 atom stereocenters. The van der Waals surface area contributed by atoms with E-state index in [2.05, 4.69) is 20.3 Å². The van der Waals surface area contributed by atoms with E-state index >= 15 is 0 Å². The SMILES string of the molecule is O=C(COC(=O)c1cccc2nccnc12)Nc1nc(-c2ccccc2)cs1. The molecule has 0 aliphatic heterocycles. The van der Waals surface area contributed by atoms with Gasteiger partial charge >= 0.3 is 5.97 Å². The van der Waals surface area contributed by atoms with E-state index in [1.54, 1.807) is 24.4 Å². The molecule has 0 spiro atoms. The highest BCUT2D eigenvalue weighted by molar-refractivity contribution is 7.14. The predicted molar refractivity (Wildman–Crippen MR) is 106 cm³/mol. The van der Waals surface area contributed by atoms with Gasteiger partial charge in [-0.05, 0) is 12.1 Å². The average Bonchev–Trinajstić information content (AvgIpc) is 3.20. The van der Waals surface area contributed by atoms with Gasteiger partial charge in [-0.15, -0.1) is 11.3 Å². The number of ether oxygens (including phenoxy) is 1. The summed E-state index contributed by atoms with van der Waals surface area (Å²) in [5, 5.41) is 4.93. The quantitative estimate of drug-likeness (QED) is 0.524. The molecule has 138 valence electrons. The van der Waals surface area contributed by atoms with Crippen molar-refractivity contribution >= 4 is 39.4 Å². The number of esters is 1. The van der Waals surface area contributed by atoms with E-state index in [1.807, 2.05) is 35.7 Å². The molecule has 4 aromatic rings. The molecule has 0 radical (unpaired) electrons. The maximum absolute atomic E-state index is 12.3.